The molecule has 98 valence electrons. The Labute approximate surface area is 109 Å². The lowest BCUT2D eigenvalue weighted by molar-refractivity contribution is -0.0169. The highest BCUT2D eigenvalue weighted by Crippen LogP contribution is 2.36. The van der Waals surface area contributed by atoms with Crippen LogP contribution in [0.15, 0.2) is 21.7 Å². The topological polar surface area (TPSA) is 60.5 Å². The Hall–Kier alpha value is -1.15. The fourth-order valence-corrected chi connectivity index (χ4v) is 2.00. The lowest BCUT2D eigenvalue weighted by Gasteiger charge is -2.32. The lowest BCUT2D eigenvalue weighted by Crippen LogP contribution is -2.46. The van der Waals surface area contributed by atoms with Gasteiger partial charge >= 0.3 is 0 Å². The SMILES string of the molecule is NC1=NC(c2nc(Br)ccc2F)(C(F)F)COC1. The summed E-state index contributed by atoms with van der Waals surface area (Å²) in [7, 11) is 0. The van der Waals surface area contributed by atoms with Gasteiger partial charge in [-0.05, 0) is 28.1 Å². The van der Waals surface area contributed by atoms with Crippen molar-refractivity contribution in [3.05, 3.63) is 28.2 Å². The molecule has 18 heavy (non-hydrogen) atoms. The Kier molecular flexibility index (Phi) is 3.58. The summed E-state index contributed by atoms with van der Waals surface area (Å²) in [5.41, 5.74) is 2.74. The number of pyridine rings is 1. The van der Waals surface area contributed by atoms with E-state index in [-0.39, 0.29) is 17.0 Å². The standard InChI is InChI=1S/C10H9BrF3N3O/c11-6-2-1-5(12)8(16-6)10(9(13)14)4-18-3-7(15)17-10/h1-2,9H,3-4H2,(H2,15,17). The number of rotatable bonds is 2. The number of amidine groups is 1. The molecule has 8 heteroatoms. The maximum absolute atomic E-state index is 13.7. The number of hydrogen-bond acceptors (Lipinski definition) is 4. The van der Waals surface area contributed by atoms with Crippen LogP contribution in [-0.4, -0.2) is 30.5 Å². The van der Waals surface area contributed by atoms with Crippen molar-refractivity contribution >= 4 is 21.8 Å². The first-order chi connectivity index (χ1) is 8.45. The normalized spacial score (nSPS) is 24.2. The lowest BCUT2D eigenvalue weighted by atomic mass is 9.95. The fourth-order valence-electron chi connectivity index (χ4n) is 1.69. The summed E-state index contributed by atoms with van der Waals surface area (Å²) in [6.07, 6.45) is -2.98. The number of aliphatic imine (C=N–C) groups is 1. The van der Waals surface area contributed by atoms with Crippen molar-refractivity contribution in [3.63, 3.8) is 0 Å². The zero-order valence-electron chi connectivity index (χ0n) is 9.04. The molecule has 2 N–H and O–H groups in total. The average Bonchev–Trinajstić information content (AvgIpc) is 2.32. The van der Waals surface area contributed by atoms with Gasteiger partial charge in [-0.1, -0.05) is 0 Å². The first-order valence-electron chi connectivity index (χ1n) is 4.98. The van der Waals surface area contributed by atoms with Crippen LogP contribution in [0.4, 0.5) is 13.2 Å². The van der Waals surface area contributed by atoms with Gasteiger partial charge in [0.25, 0.3) is 6.43 Å². The van der Waals surface area contributed by atoms with Gasteiger partial charge in [-0.2, -0.15) is 0 Å². The second kappa shape index (κ2) is 4.85. The summed E-state index contributed by atoms with van der Waals surface area (Å²) in [4.78, 5) is 7.42. The van der Waals surface area contributed by atoms with Crippen molar-refractivity contribution < 1.29 is 17.9 Å². The van der Waals surface area contributed by atoms with Crippen LogP contribution < -0.4 is 5.73 Å². The van der Waals surface area contributed by atoms with Gasteiger partial charge in [0.15, 0.2) is 5.54 Å². The fraction of sp³-hybridized carbons (Fsp3) is 0.400. The molecule has 0 fully saturated rings. The van der Waals surface area contributed by atoms with Crippen molar-refractivity contribution in [2.75, 3.05) is 13.2 Å². The van der Waals surface area contributed by atoms with E-state index in [4.69, 9.17) is 10.5 Å². The Morgan fingerprint density at radius 3 is 2.78 bits per heavy atom. The number of halogens is 4. The van der Waals surface area contributed by atoms with Gasteiger partial charge in [0.2, 0.25) is 0 Å². The molecule has 1 atom stereocenters. The minimum atomic E-state index is -2.98. The van der Waals surface area contributed by atoms with Crippen molar-refractivity contribution in [3.8, 4) is 0 Å². The van der Waals surface area contributed by atoms with Gasteiger partial charge in [-0.25, -0.2) is 23.1 Å². The van der Waals surface area contributed by atoms with Gasteiger partial charge in [-0.15, -0.1) is 0 Å². The monoisotopic (exact) mass is 323 g/mol. The second-order valence-electron chi connectivity index (χ2n) is 3.79. The molecule has 0 aromatic carbocycles. The summed E-state index contributed by atoms with van der Waals surface area (Å²) >= 11 is 3.01. The van der Waals surface area contributed by atoms with Crippen LogP contribution in [0.2, 0.25) is 0 Å². The summed E-state index contributed by atoms with van der Waals surface area (Å²) in [6, 6.07) is 2.35. The van der Waals surface area contributed by atoms with E-state index in [9.17, 15) is 13.2 Å². The molecule has 0 saturated carbocycles. The van der Waals surface area contributed by atoms with E-state index in [0.717, 1.165) is 6.07 Å². The summed E-state index contributed by atoms with van der Waals surface area (Å²) in [5, 5.41) is 0. The van der Waals surface area contributed by atoms with E-state index < -0.39 is 30.1 Å². The molecular weight excluding hydrogens is 315 g/mol. The molecular formula is C10H9BrF3N3O. The maximum atomic E-state index is 13.7. The summed E-state index contributed by atoms with van der Waals surface area (Å²) in [6.45, 7) is -0.518. The molecule has 0 radical (unpaired) electrons. The Bertz CT molecular complexity index is 497. The molecule has 4 nitrogen and oxygen atoms in total. The zero-order chi connectivity index (χ0) is 13.3. The minimum absolute atomic E-state index is 0.0515. The molecule has 0 saturated heterocycles. The molecule has 1 aromatic heterocycles. The van der Waals surface area contributed by atoms with Crippen LogP contribution in [-0.2, 0) is 10.3 Å². The van der Waals surface area contributed by atoms with Gasteiger partial charge in [0.1, 0.15) is 28.6 Å². The molecule has 1 aliphatic rings. The highest BCUT2D eigenvalue weighted by atomic mass is 79.9. The Morgan fingerprint density at radius 1 is 1.44 bits per heavy atom. The number of hydrogen-bond donors (Lipinski definition) is 1. The predicted octanol–water partition coefficient (Wildman–Crippen LogP) is 1.83. The summed E-state index contributed by atoms with van der Waals surface area (Å²) < 4.78 is 45.5. The molecule has 1 aromatic rings. The van der Waals surface area contributed by atoms with Crippen molar-refractivity contribution in [2.45, 2.75) is 12.0 Å². The predicted molar refractivity (Wildman–Crippen MR) is 62.0 cm³/mol. The number of aromatic nitrogens is 1. The van der Waals surface area contributed by atoms with Crippen molar-refractivity contribution in [1.82, 2.24) is 4.98 Å². The molecule has 0 bridgehead atoms. The van der Waals surface area contributed by atoms with Crippen LogP contribution in [0, 0.1) is 5.82 Å². The van der Waals surface area contributed by atoms with Gasteiger partial charge in [0, 0.05) is 0 Å². The molecule has 0 amide bonds. The zero-order valence-corrected chi connectivity index (χ0v) is 10.6. The van der Waals surface area contributed by atoms with Crippen molar-refractivity contribution in [2.24, 2.45) is 10.7 Å². The molecule has 2 heterocycles. The Morgan fingerprint density at radius 2 is 2.17 bits per heavy atom. The van der Waals surface area contributed by atoms with E-state index in [1.54, 1.807) is 0 Å². The maximum Gasteiger partial charge on any atom is 0.271 e. The third-order valence-electron chi connectivity index (χ3n) is 2.50. The van der Waals surface area contributed by atoms with Crippen LogP contribution >= 0.6 is 15.9 Å². The minimum Gasteiger partial charge on any atom is -0.385 e. The van der Waals surface area contributed by atoms with Crippen LogP contribution in [0.3, 0.4) is 0 Å². The first kappa shape index (κ1) is 13.3. The van der Waals surface area contributed by atoms with E-state index in [1.165, 1.54) is 6.07 Å². The van der Waals surface area contributed by atoms with Crippen LogP contribution in [0.5, 0.6) is 0 Å². The summed E-state index contributed by atoms with van der Waals surface area (Å²) in [5.74, 6) is -0.983. The van der Waals surface area contributed by atoms with Gasteiger partial charge < -0.3 is 10.5 Å². The molecule has 1 unspecified atom stereocenters. The number of nitrogens with zero attached hydrogens (tertiary/aromatic N) is 2. The number of nitrogens with two attached hydrogens (primary N) is 1. The van der Waals surface area contributed by atoms with Crippen LogP contribution in [0.25, 0.3) is 0 Å². The second-order valence-corrected chi connectivity index (χ2v) is 4.60. The number of ether oxygens (including phenoxy) is 1. The Balaban J connectivity index is 2.61. The third kappa shape index (κ3) is 2.22. The molecule has 1 aliphatic heterocycles. The van der Waals surface area contributed by atoms with Crippen LogP contribution in [0.1, 0.15) is 5.69 Å². The molecule has 0 spiro atoms. The van der Waals surface area contributed by atoms with Gasteiger partial charge in [0.05, 0.1) is 6.61 Å². The van der Waals surface area contributed by atoms with Crippen molar-refractivity contribution in [1.29, 1.82) is 0 Å². The molecule has 0 aliphatic carbocycles. The number of alkyl halides is 2. The largest absolute Gasteiger partial charge is 0.385 e. The van der Waals surface area contributed by atoms with E-state index in [0.29, 0.717) is 0 Å². The average molecular weight is 324 g/mol. The third-order valence-corrected chi connectivity index (χ3v) is 2.94. The van der Waals surface area contributed by atoms with E-state index >= 15 is 0 Å². The smallest absolute Gasteiger partial charge is 0.271 e. The van der Waals surface area contributed by atoms with E-state index in [1.807, 2.05) is 0 Å². The van der Waals surface area contributed by atoms with Gasteiger partial charge in [-0.3, -0.25) is 0 Å². The highest BCUT2D eigenvalue weighted by Gasteiger charge is 2.47. The quantitative estimate of drug-likeness (QED) is 0.845. The van der Waals surface area contributed by atoms with E-state index in [2.05, 4.69) is 25.9 Å². The molecule has 2 rings (SSSR count). The highest BCUT2D eigenvalue weighted by molar-refractivity contribution is 9.10. The first-order valence-corrected chi connectivity index (χ1v) is 5.77.